The quantitative estimate of drug-likeness (QED) is 0.810. The lowest BCUT2D eigenvalue weighted by molar-refractivity contribution is -0.117. The molecule has 1 unspecified atom stereocenters. The van der Waals surface area contributed by atoms with E-state index in [1.165, 1.54) is 6.08 Å². The Morgan fingerprint density at radius 3 is 2.55 bits per heavy atom. The zero-order valence-electron chi connectivity index (χ0n) is 12.8. The Bertz CT molecular complexity index is 662. The second-order valence-electron chi connectivity index (χ2n) is 5.41. The minimum Gasteiger partial charge on any atom is -0.345 e. The number of rotatable bonds is 5. The summed E-state index contributed by atoms with van der Waals surface area (Å²) in [4.78, 5) is 16.4. The molecule has 0 saturated heterocycles. The van der Waals surface area contributed by atoms with Crippen molar-refractivity contribution in [2.75, 3.05) is 0 Å². The van der Waals surface area contributed by atoms with Crippen molar-refractivity contribution >= 4 is 34.9 Å². The molecule has 22 heavy (non-hydrogen) atoms. The molecule has 0 bridgehead atoms. The molecule has 1 atom stereocenters. The topological polar surface area (TPSA) is 42.0 Å². The standard InChI is InChI=1S/C17H19ClN2OS/c1-11(2)17(13-4-6-14(18)7-5-13)20-16(21)9-8-15-10-22-12(3)19-15/h4-11,17H,1-3H3,(H,20,21)/b9-8+. The van der Waals surface area contributed by atoms with E-state index in [0.29, 0.717) is 5.02 Å². The molecule has 0 saturated carbocycles. The average molecular weight is 335 g/mol. The first-order valence-corrected chi connectivity index (χ1v) is 8.37. The first kappa shape index (κ1) is 16.7. The lowest BCUT2D eigenvalue weighted by atomic mass is 9.96. The summed E-state index contributed by atoms with van der Waals surface area (Å²) in [6, 6.07) is 7.52. The highest BCUT2D eigenvalue weighted by atomic mass is 35.5. The molecule has 3 nitrogen and oxygen atoms in total. The third-order valence-corrected chi connectivity index (χ3v) is 4.28. The fourth-order valence-electron chi connectivity index (χ4n) is 2.12. The van der Waals surface area contributed by atoms with Crippen LogP contribution in [0, 0.1) is 12.8 Å². The minimum absolute atomic E-state index is 0.0495. The highest BCUT2D eigenvalue weighted by molar-refractivity contribution is 7.09. The number of carbonyl (C=O) groups excluding carboxylic acids is 1. The van der Waals surface area contributed by atoms with E-state index < -0.39 is 0 Å². The third kappa shape index (κ3) is 4.68. The number of thiazole rings is 1. The Kier molecular flexibility index (Phi) is 5.75. The van der Waals surface area contributed by atoms with E-state index in [4.69, 9.17) is 11.6 Å². The van der Waals surface area contributed by atoms with Crippen molar-refractivity contribution < 1.29 is 4.79 Å². The van der Waals surface area contributed by atoms with Gasteiger partial charge in [-0.15, -0.1) is 11.3 Å². The summed E-state index contributed by atoms with van der Waals surface area (Å²) in [7, 11) is 0. The maximum Gasteiger partial charge on any atom is 0.244 e. The summed E-state index contributed by atoms with van der Waals surface area (Å²) in [5.41, 5.74) is 1.86. The van der Waals surface area contributed by atoms with Crippen molar-refractivity contribution in [3.05, 3.63) is 57.0 Å². The number of carbonyl (C=O) groups is 1. The van der Waals surface area contributed by atoms with Gasteiger partial charge in [-0.3, -0.25) is 4.79 Å². The summed E-state index contributed by atoms with van der Waals surface area (Å²) >= 11 is 7.48. The van der Waals surface area contributed by atoms with Gasteiger partial charge in [0.15, 0.2) is 0 Å². The molecule has 2 aromatic rings. The summed E-state index contributed by atoms with van der Waals surface area (Å²) < 4.78 is 0. The lowest BCUT2D eigenvalue weighted by Gasteiger charge is -2.22. The smallest absolute Gasteiger partial charge is 0.244 e. The van der Waals surface area contributed by atoms with Crippen LogP contribution in [0.3, 0.4) is 0 Å². The number of halogens is 1. The van der Waals surface area contributed by atoms with Gasteiger partial charge in [-0.2, -0.15) is 0 Å². The number of benzene rings is 1. The largest absolute Gasteiger partial charge is 0.345 e. The Balaban J connectivity index is 2.06. The van der Waals surface area contributed by atoms with Gasteiger partial charge in [-0.1, -0.05) is 37.6 Å². The molecule has 2 rings (SSSR count). The number of aromatic nitrogens is 1. The molecule has 0 aliphatic carbocycles. The molecule has 1 amide bonds. The van der Waals surface area contributed by atoms with Crippen LogP contribution in [0.25, 0.3) is 6.08 Å². The number of nitrogens with zero attached hydrogens (tertiary/aromatic N) is 1. The molecule has 1 N–H and O–H groups in total. The number of amides is 1. The predicted octanol–water partition coefficient (Wildman–Crippen LogP) is 4.63. The van der Waals surface area contributed by atoms with Gasteiger partial charge in [-0.25, -0.2) is 4.98 Å². The van der Waals surface area contributed by atoms with Crippen LogP contribution >= 0.6 is 22.9 Å². The van der Waals surface area contributed by atoms with Gasteiger partial charge in [-0.05, 0) is 36.6 Å². The SMILES string of the molecule is Cc1nc(/C=C/C(=O)NC(c2ccc(Cl)cc2)C(C)C)cs1. The summed E-state index contributed by atoms with van der Waals surface area (Å²) in [5.74, 6) is 0.152. The number of aryl methyl sites for hydroxylation is 1. The average Bonchev–Trinajstić information content (AvgIpc) is 2.89. The molecule has 0 aliphatic rings. The van der Waals surface area contributed by atoms with Crippen molar-refractivity contribution in [1.82, 2.24) is 10.3 Å². The Hall–Kier alpha value is -1.65. The van der Waals surface area contributed by atoms with E-state index >= 15 is 0 Å². The molecule has 1 aromatic carbocycles. The maximum atomic E-state index is 12.1. The van der Waals surface area contributed by atoms with Crippen LogP contribution in [0.5, 0.6) is 0 Å². The molecule has 0 radical (unpaired) electrons. The monoisotopic (exact) mass is 334 g/mol. The van der Waals surface area contributed by atoms with Crippen molar-refractivity contribution in [2.45, 2.75) is 26.8 Å². The number of hydrogen-bond acceptors (Lipinski definition) is 3. The lowest BCUT2D eigenvalue weighted by Crippen LogP contribution is -2.30. The molecule has 116 valence electrons. The first-order chi connectivity index (χ1) is 10.5. The van der Waals surface area contributed by atoms with Gasteiger partial charge < -0.3 is 5.32 Å². The molecular formula is C17H19ClN2OS. The van der Waals surface area contributed by atoms with Crippen LogP contribution in [0.15, 0.2) is 35.7 Å². The fourth-order valence-corrected chi connectivity index (χ4v) is 2.83. The van der Waals surface area contributed by atoms with Gasteiger partial charge in [0.25, 0.3) is 0 Å². The summed E-state index contributed by atoms with van der Waals surface area (Å²) in [6.45, 7) is 6.09. The minimum atomic E-state index is -0.126. The van der Waals surface area contributed by atoms with Crippen LogP contribution < -0.4 is 5.32 Å². The summed E-state index contributed by atoms with van der Waals surface area (Å²) in [6.07, 6.45) is 3.26. The van der Waals surface area contributed by atoms with Crippen molar-refractivity contribution in [2.24, 2.45) is 5.92 Å². The molecule has 0 spiro atoms. The molecule has 1 heterocycles. The first-order valence-electron chi connectivity index (χ1n) is 7.12. The van der Waals surface area contributed by atoms with E-state index in [9.17, 15) is 4.79 Å². The van der Waals surface area contributed by atoms with Crippen molar-refractivity contribution in [3.63, 3.8) is 0 Å². The normalized spacial score (nSPS) is 12.8. The zero-order chi connectivity index (χ0) is 16.1. The third-order valence-electron chi connectivity index (χ3n) is 3.24. The van der Waals surface area contributed by atoms with Gasteiger partial charge in [0.05, 0.1) is 16.7 Å². The number of hydrogen-bond donors (Lipinski definition) is 1. The van der Waals surface area contributed by atoms with Crippen LogP contribution in [0.4, 0.5) is 0 Å². The van der Waals surface area contributed by atoms with Crippen LogP contribution in [0.2, 0.25) is 5.02 Å². The molecule has 0 aliphatic heterocycles. The van der Waals surface area contributed by atoms with Crippen LogP contribution in [0.1, 0.15) is 36.2 Å². The van der Waals surface area contributed by atoms with Gasteiger partial charge in [0.2, 0.25) is 5.91 Å². The predicted molar refractivity (Wildman–Crippen MR) is 93.1 cm³/mol. The second kappa shape index (κ2) is 7.56. The van der Waals surface area contributed by atoms with Gasteiger partial charge in [0.1, 0.15) is 0 Å². The molecular weight excluding hydrogens is 316 g/mol. The van der Waals surface area contributed by atoms with E-state index in [-0.39, 0.29) is 17.9 Å². The highest BCUT2D eigenvalue weighted by Gasteiger charge is 2.17. The van der Waals surface area contributed by atoms with Crippen molar-refractivity contribution in [1.29, 1.82) is 0 Å². The van der Waals surface area contributed by atoms with E-state index in [1.807, 2.05) is 36.6 Å². The second-order valence-corrected chi connectivity index (χ2v) is 6.91. The highest BCUT2D eigenvalue weighted by Crippen LogP contribution is 2.23. The molecule has 1 aromatic heterocycles. The zero-order valence-corrected chi connectivity index (χ0v) is 14.4. The van der Waals surface area contributed by atoms with E-state index in [1.54, 1.807) is 17.4 Å². The van der Waals surface area contributed by atoms with Crippen LogP contribution in [-0.4, -0.2) is 10.9 Å². The van der Waals surface area contributed by atoms with Crippen molar-refractivity contribution in [3.8, 4) is 0 Å². The fraction of sp³-hybridized carbons (Fsp3) is 0.294. The number of nitrogens with one attached hydrogen (secondary N) is 1. The Morgan fingerprint density at radius 1 is 1.32 bits per heavy atom. The Labute approximate surface area is 140 Å². The van der Waals surface area contributed by atoms with E-state index in [0.717, 1.165) is 16.3 Å². The van der Waals surface area contributed by atoms with Gasteiger partial charge in [0, 0.05) is 16.5 Å². The van der Waals surface area contributed by atoms with Gasteiger partial charge >= 0.3 is 0 Å². The molecule has 5 heteroatoms. The van der Waals surface area contributed by atoms with Crippen LogP contribution in [-0.2, 0) is 4.79 Å². The van der Waals surface area contributed by atoms with E-state index in [2.05, 4.69) is 24.1 Å². The summed E-state index contributed by atoms with van der Waals surface area (Å²) in [5, 5.41) is 6.64. The molecule has 0 fully saturated rings. The maximum absolute atomic E-state index is 12.1. The Morgan fingerprint density at radius 2 is 2.00 bits per heavy atom.